The van der Waals surface area contributed by atoms with Crippen molar-refractivity contribution in [1.29, 1.82) is 0 Å². The van der Waals surface area contributed by atoms with Crippen LogP contribution in [0.5, 0.6) is 0 Å². The number of hydrogen-bond donors (Lipinski definition) is 9. The van der Waals surface area contributed by atoms with Crippen LogP contribution in [0.15, 0.2) is 202 Å². The molecule has 17 heterocycles. The largest absolute Gasteiger partial charge is 0.378 e. The van der Waals surface area contributed by atoms with Gasteiger partial charge in [-0.2, -0.15) is 15.3 Å². The summed E-state index contributed by atoms with van der Waals surface area (Å²) in [6, 6.07) is 30.4. The highest BCUT2D eigenvalue weighted by Crippen LogP contribution is 2.38. The second kappa shape index (κ2) is 31.7. The van der Waals surface area contributed by atoms with Crippen LogP contribution in [0.4, 0.5) is 44.6 Å². The maximum Gasteiger partial charge on any atom is 0.322 e. The fourth-order valence-electron chi connectivity index (χ4n) is 13.9. The number of H-pyrrole nitrogens is 6. The molecule has 0 radical (unpaired) electrons. The number of aromatic nitrogens is 21. The Morgan fingerprint density at radius 1 is 0.390 bits per heavy atom. The number of urea groups is 3. The number of amides is 6. The summed E-state index contributed by atoms with van der Waals surface area (Å²) in [6.07, 6.45) is 24.8. The van der Waals surface area contributed by atoms with E-state index in [1.54, 1.807) is 171 Å². The van der Waals surface area contributed by atoms with Crippen molar-refractivity contribution in [2.24, 2.45) is 0 Å². The molecule has 15 aromatic heterocycles. The van der Waals surface area contributed by atoms with E-state index in [-0.39, 0.29) is 35.5 Å². The third-order valence-electron chi connectivity index (χ3n) is 20.1. The van der Waals surface area contributed by atoms with E-state index in [0.29, 0.717) is 174 Å². The molecule has 584 valence electrons. The molecule has 32 nitrogen and oxygen atoms in total. The Morgan fingerprint density at radius 3 is 1.08 bits per heavy atom. The van der Waals surface area contributed by atoms with Crippen LogP contribution in [-0.2, 0) is 4.74 Å². The molecule has 0 bridgehead atoms. The number of pyridine rings is 9. The molecule has 9 N–H and O–H groups in total. The average Bonchev–Trinajstić information content (AvgIpc) is 1.62. The van der Waals surface area contributed by atoms with Gasteiger partial charge in [0.15, 0.2) is 34.4 Å². The number of carbonyl (C=O) groups excluding carboxylic acids is 3. The predicted molar refractivity (Wildman–Crippen MR) is 438 cm³/mol. The van der Waals surface area contributed by atoms with Crippen molar-refractivity contribution < 1.29 is 32.3 Å². The molecule has 2 fully saturated rings. The molecule has 2 saturated heterocycles. The number of nitrogens with zero attached hydrogens (tertiary/aromatic N) is 19. The third-order valence-corrected chi connectivity index (χ3v) is 20.1. The Bertz CT molecular complexity index is 6860. The first-order chi connectivity index (χ1) is 57.6. The zero-order chi connectivity index (χ0) is 80.5. The van der Waals surface area contributed by atoms with Gasteiger partial charge in [0.2, 0.25) is 0 Å². The van der Waals surface area contributed by atoms with Crippen molar-refractivity contribution in [2.45, 2.75) is 0 Å². The monoisotopic (exact) mass is 1580 g/mol. The second-order valence-electron chi connectivity index (χ2n) is 28.0. The number of likely N-dealkylation sites (N-methyl/N-ethyl adjacent to an activating group) is 1. The predicted octanol–water partition coefficient (Wildman–Crippen LogP) is 14.0. The number of morpholine rings is 1. The van der Waals surface area contributed by atoms with Crippen molar-refractivity contribution in [1.82, 2.24) is 125 Å². The summed E-state index contributed by atoms with van der Waals surface area (Å²) in [5.74, 6) is 0.527. The first kappa shape index (κ1) is 73.8. The molecule has 3 aromatic carbocycles. The Morgan fingerprint density at radius 2 is 0.720 bits per heavy atom. The summed E-state index contributed by atoms with van der Waals surface area (Å²) in [5.41, 5.74) is 16.7. The van der Waals surface area contributed by atoms with E-state index in [0.717, 1.165) is 62.6 Å². The van der Waals surface area contributed by atoms with Crippen molar-refractivity contribution >= 4 is 101 Å². The molecule has 0 spiro atoms. The van der Waals surface area contributed by atoms with Gasteiger partial charge in [-0.05, 0) is 61.6 Å². The van der Waals surface area contributed by atoms with Crippen LogP contribution in [0.3, 0.4) is 0 Å². The van der Waals surface area contributed by atoms with Gasteiger partial charge >= 0.3 is 18.1 Å². The fourth-order valence-corrected chi connectivity index (χ4v) is 13.9. The van der Waals surface area contributed by atoms with Crippen molar-refractivity contribution in [3.63, 3.8) is 0 Å². The molecule has 118 heavy (non-hydrogen) atoms. The lowest BCUT2D eigenvalue weighted by atomic mass is 10.1. The van der Waals surface area contributed by atoms with Crippen molar-refractivity contribution in [3.05, 3.63) is 220 Å². The van der Waals surface area contributed by atoms with Gasteiger partial charge in [-0.25, -0.2) is 57.5 Å². The minimum Gasteiger partial charge on any atom is -0.378 e. The SMILES string of the molecule is CN(C)C(=O)Nc1cncc(-c2cnc3n[nH]c(-c4nc5c(-c6ccccc6F)cncc5[nH]4)c3c2)c1.CN1CCN(C(=O)Nc2cncc(-c3cnc4n[nH]c(-c5nc6c(-c7ccccc7F)cncc6[nH]5)c4c3)c2)CC1.O=C(Nc1cncc(-c2cnc3n[nH]c(-c4nc5c(-c6ccccc6F)cncc5[nH]4)c3c2)c1)N1CCOCC1. The Labute approximate surface area is 665 Å². The maximum absolute atomic E-state index is 14.6. The van der Waals surface area contributed by atoms with Crippen LogP contribution in [0.2, 0.25) is 0 Å². The Hall–Kier alpha value is -15.7. The second-order valence-corrected chi connectivity index (χ2v) is 28.0. The number of aromatic amines is 6. The van der Waals surface area contributed by atoms with E-state index >= 15 is 0 Å². The molecule has 6 amide bonds. The molecular formula is C83H67F3N28O4. The number of benzene rings is 3. The van der Waals surface area contributed by atoms with Gasteiger partial charge in [0.1, 0.15) is 51.1 Å². The maximum atomic E-state index is 14.6. The number of carbonyl (C=O) groups is 3. The van der Waals surface area contributed by atoms with Crippen LogP contribution < -0.4 is 16.0 Å². The normalized spacial score (nSPS) is 13.1. The van der Waals surface area contributed by atoms with Crippen LogP contribution >= 0.6 is 0 Å². The molecule has 0 aliphatic carbocycles. The van der Waals surface area contributed by atoms with Gasteiger partial charge in [-0.15, -0.1) is 0 Å². The topological polar surface area (TPSA) is 398 Å². The average molecular weight is 1580 g/mol. The van der Waals surface area contributed by atoms with E-state index < -0.39 is 0 Å². The zero-order valence-electron chi connectivity index (χ0n) is 63.0. The van der Waals surface area contributed by atoms with Crippen LogP contribution in [0.1, 0.15) is 0 Å². The van der Waals surface area contributed by atoms with Crippen LogP contribution in [-0.4, -0.2) is 217 Å². The summed E-state index contributed by atoms with van der Waals surface area (Å²) >= 11 is 0. The summed E-state index contributed by atoms with van der Waals surface area (Å²) in [7, 11) is 5.38. The molecule has 35 heteroatoms. The van der Waals surface area contributed by atoms with Crippen molar-refractivity contribution in [2.75, 3.05) is 89.6 Å². The van der Waals surface area contributed by atoms with E-state index in [1.807, 2.05) is 43.4 Å². The molecule has 0 atom stereocenters. The van der Waals surface area contributed by atoms with Gasteiger partial charge in [-0.1, -0.05) is 54.6 Å². The van der Waals surface area contributed by atoms with E-state index in [2.05, 4.69) is 111 Å². The number of nitrogens with one attached hydrogen (secondary N) is 9. The lowest BCUT2D eigenvalue weighted by Crippen LogP contribution is -2.48. The molecular weight excluding hydrogens is 1510 g/mol. The summed E-state index contributed by atoms with van der Waals surface area (Å²) in [4.78, 5) is 108. The van der Waals surface area contributed by atoms with E-state index in [1.165, 1.54) is 23.1 Å². The van der Waals surface area contributed by atoms with Gasteiger partial charge in [0.25, 0.3) is 0 Å². The molecule has 2 aliphatic rings. The van der Waals surface area contributed by atoms with Gasteiger partial charge in [0, 0.05) is 176 Å². The number of imidazole rings is 3. The lowest BCUT2D eigenvalue weighted by Gasteiger charge is -2.32. The summed E-state index contributed by atoms with van der Waals surface area (Å²) in [5, 5.41) is 33.0. The number of anilines is 3. The van der Waals surface area contributed by atoms with Crippen molar-refractivity contribution in [3.8, 4) is 101 Å². The third kappa shape index (κ3) is 15.0. The zero-order valence-corrected chi connectivity index (χ0v) is 63.0. The summed E-state index contributed by atoms with van der Waals surface area (Å²) < 4.78 is 49.0. The Balaban J connectivity index is 0.000000122. The molecule has 18 aromatic rings. The van der Waals surface area contributed by atoms with E-state index in [4.69, 9.17) is 19.7 Å². The molecule has 0 saturated carbocycles. The Kier molecular flexibility index (Phi) is 19.8. The number of rotatable bonds is 12. The number of fused-ring (bicyclic) bond motifs is 6. The van der Waals surface area contributed by atoms with Gasteiger partial charge < -0.3 is 55.2 Å². The quantitative estimate of drug-likeness (QED) is 0.0548. The van der Waals surface area contributed by atoms with Crippen LogP contribution in [0.25, 0.3) is 168 Å². The number of ether oxygens (including phenoxy) is 1. The minimum atomic E-state index is -0.348. The summed E-state index contributed by atoms with van der Waals surface area (Å²) in [6.45, 7) is 5.18. The standard InChI is InChI=1S/C29H25FN10O.C28H22FN9O2.C26H20FN9O/c1-39-6-8-40(9-7-39)29(41)34-19-10-17(12-31-14-19)18-11-21-26(37-38-27(21)33-13-18)28-35-24-16-32-15-22(25(24)36-28)20-4-2-3-5-23(20)30;29-22-4-2-1-3-19(22)21-14-31-15-23-24(21)35-27(34-23)25-20-10-17(12-32-26(20)37-36-25)16-9-18(13-30-11-16)33-28(39)38-5-7-40-8-6-38;1-36(2)26(37)31-16-7-14(9-28-11-16)15-8-18-23(34-35-24(18)30-10-15)25-32-21-13-29-12-19(22(21)33-25)17-5-3-4-6-20(17)27/h2-5,10-16H,6-9H2,1H3,(H,34,41)(H,35,36)(H,33,37,38);1-4,9-15H,5-8H2,(H,33,39)(H,34,35)(H,32,36,37);3-13H,1-2H3,(H,31,37)(H,32,33)(H,30,34,35). The molecule has 0 unspecified atom stereocenters. The fraction of sp³-hybridized carbons (Fsp3) is 0.133. The first-order valence-corrected chi connectivity index (χ1v) is 37.2. The lowest BCUT2D eigenvalue weighted by molar-refractivity contribution is 0.0564. The highest BCUT2D eigenvalue weighted by molar-refractivity contribution is 6.01. The number of halogens is 3. The highest BCUT2D eigenvalue weighted by atomic mass is 19.1. The first-order valence-electron chi connectivity index (χ1n) is 37.2. The number of piperazine rings is 1. The number of hydrogen-bond acceptors (Lipinski definition) is 20. The van der Waals surface area contributed by atoms with Crippen LogP contribution in [0, 0.1) is 17.5 Å². The minimum absolute atomic E-state index is 0.142. The van der Waals surface area contributed by atoms with Gasteiger partial charge in [0.05, 0.1) is 100 Å². The van der Waals surface area contributed by atoms with Gasteiger partial charge in [-0.3, -0.25) is 45.2 Å². The molecule has 2 aliphatic heterocycles. The highest BCUT2D eigenvalue weighted by Gasteiger charge is 2.25. The van der Waals surface area contributed by atoms with E-state index in [9.17, 15) is 27.6 Å². The smallest absolute Gasteiger partial charge is 0.322 e. The molecule has 20 rings (SSSR count).